The number of carbonyl (C=O) groups is 4. The lowest BCUT2D eigenvalue weighted by atomic mass is 10.1. The van der Waals surface area contributed by atoms with E-state index >= 15 is 0 Å². The van der Waals surface area contributed by atoms with Gasteiger partial charge in [0, 0.05) is 44.2 Å². The predicted molar refractivity (Wildman–Crippen MR) is 131 cm³/mol. The molecule has 2 heterocycles. The number of amides is 4. The maximum absolute atomic E-state index is 12.8. The fourth-order valence-electron chi connectivity index (χ4n) is 2.98. The maximum atomic E-state index is 12.8. The summed E-state index contributed by atoms with van der Waals surface area (Å²) in [5.74, 6) is -2.80. The molecule has 0 saturated heterocycles. The highest BCUT2D eigenvalue weighted by Crippen LogP contribution is 2.17. The number of aromatic nitrogens is 2. The van der Waals surface area contributed by atoms with E-state index in [-0.39, 0.29) is 12.4 Å². The van der Waals surface area contributed by atoms with E-state index in [4.69, 9.17) is 11.6 Å². The van der Waals surface area contributed by atoms with E-state index in [0.717, 1.165) is 11.3 Å². The Bertz CT molecular complexity index is 1200. The maximum Gasteiger partial charge on any atom is 0.314 e. The Kier molecular flexibility index (Phi) is 8.47. The lowest BCUT2D eigenvalue weighted by Gasteiger charge is -2.22. The minimum atomic E-state index is -1.10. The van der Waals surface area contributed by atoms with Crippen LogP contribution in [0.25, 0.3) is 11.3 Å². The van der Waals surface area contributed by atoms with Gasteiger partial charge in [0.15, 0.2) is 0 Å². The number of hydrogen-bond acceptors (Lipinski definition) is 6. The molecule has 0 spiro atoms. The molecule has 10 nitrogen and oxygen atoms in total. The van der Waals surface area contributed by atoms with Gasteiger partial charge in [0.25, 0.3) is 5.91 Å². The number of hydrogen-bond donors (Lipinski definition) is 3. The van der Waals surface area contributed by atoms with Gasteiger partial charge in [-0.3, -0.25) is 24.2 Å². The molecule has 4 amide bonds. The first kappa shape index (κ1) is 25.3. The fraction of sp³-hybridized carbons (Fsp3) is 0.167. The average molecular weight is 495 g/mol. The second kappa shape index (κ2) is 11.7. The van der Waals surface area contributed by atoms with Crippen LogP contribution in [0.3, 0.4) is 0 Å². The van der Waals surface area contributed by atoms with Crippen molar-refractivity contribution < 1.29 is 19.2 Å². The van der Waals surface area contributed by atoms with Gasteiger partial charge in [-0.05, 0) is 36.4 Å². The number of benzene rings is 1. The molecule has 1 aromatic carbocycles. The van der Waals surface area contributed by atoms with Gasteiger partial charge >= 0.3 is 11.8 Å². The first-order valence-corrected chi connectivity index (χ1v) is 10.9. The molecule has 1 atom stereocenters. The quantitative estimate of drug-likeness (QED) is 0.428. The highest BCUT2D eigenvalue weighted by Gasteiger charge is 2.25. The molecule has 1 unspecified atom stereocenters. The zero-order chi connectivity index (χ0) is 25.4. The van der Waals surface area contributed by atoms with Crippen LogP contribution in [-0.4, -0.2) is 65.2 Å². The van der Waals surface area contributed by atoms with Gasteiger partial charge in [0.05, 0.1) is 10.7 Å². The van der Waals surface area contributed by atoms with Crippen LogP contribution >= 0.6 is 11.6 Å². The molecule has 2 aromatic heterocycles. The molecule has 0 saturated carbocycles. The van der Waals surface area contributed by atoms with Gasteiger partial charge in [0.2, 0.25) is 5.91 Å². The van der Waals surface area contributed by atoms with E-state index in [1.54, 1.807) is 30.5 Å². The molecule has 0 fully saturated rings. The summed E-state index contributed by atoms with van der Waals surface area (Å²) in [6.45, 7) is -0.297. The number of likely N-dealkylation sites (N-methyl/N-ethyl adjacent to an activating group) is 1. The molecule has 0 aliphatic heterocycles. The molecule has 3 N–H and O–H groups in total. The Balaban J connectivity index is 1.62. The topological polar surface area (TPSA) is 133 Å². The third-order valence-electron chi connectivity index (χ3n) is 4.79. The number of anilines is 1. The summed E-state index contributed by atoms with van der Waals surface area (Å²) >= 11 is 5.74. The van der Waals surface area contributed by atoms with Gasteiger partial charge in [-0.25, -0.2) is 4.98 Å². The normalized spacial score (nSPS) is 11.2. The molecule has 0 bridgehead atoms. The lowest BCUT2D eigenvalue weighted by molar-refractivity contribution is -0.136. The number of nitrogens with zero attached hydrogens (tertiary/aromatic N) is 3. The number of rotatable bonds is 7. The van der Waals surface area contributed by atoms with E-state index in [9.17, 15) is 19.2 Å². The Labute approximate surface area is 206 Å². The van der Waals surface area contributed by atoms with Gasteiger partial charge in [-0.1, -0.05) is 29.8 Å². The molecular weight excluding hydrogens is 472 g/mol. The van der Waals surface area contributed by atoms with Crippen molar-refractivity contribution in [2.75, 3.05) is 26.0 Å². The zero-order valence-corrected chi connectivity index (χ0v) is 19.7. The highest BCUT2D eigenvalue weighted by molar-refractivity contribution is 6.39. The average Bonchev–Trinajstić information content (AvgIpc) is 2.87. The summed E-state index contributed by atoms with van der Waals surface area (Å²) in [6.07, 6.45) is 2.99. The summed E-state index contributed by atoms with van der Waals surface area (Å²) in [5.41, 5.74) is 1.91. The molecule has 35 heavy (non-hydrogen) atoms. The van der Waals surface area contributed by atoms with Gasteiger partial charge in [-0.15, -0.1) is 0 Å². The van der Waals surface area contributed by atoms with Crippen LogP contribution in [0.2, 0.25) is 5.02 Å². The van der Waals surface area contributed by atoms with E-state index in [2.05, 4.69) is 25.9 Å². The first-order chi connectivity index (χ1) is 16.7. The molecule has 0 radical (unpaired) electrons. The van der Waals surface area contributed by atoms with Crippen LogP contribution in [0.1, 0.15) is 10.4 Å². The minimum Gasteiger partial charge on any atom is -0.347 e. The van der Waals surface area contributed by atoms with Crippen molar-refractivity contribution >= 4 is 41.0 Å². The van der Waals surface area contributed by atoms with Gasteiger partial charge < -0.3 is 20.9 Å². The summed E-state index contributed by atoms with van der Waals surface area (Å²) < 4.78 is 0. The molecule has 3 aromatic rings. The fourth-order valence-corrected chi connectivity index (χ4v) is 3.09. The summed E-state index contributed by atoms with van der Waals surface area (Å²) in [7, 11) is 3.04. The van der Waals surface area contributed by atoms with Crippen LogP contribution in [0, 0.1) is 0 Å². The van der Waals surface area contributed by atoms with Crippen LogP contribution in [0.4, 0.5) is 5.82 Å². The van der Waals surface area contributed by atoms with E-state index in [1.807, 2.05) is 18.2 Å². The predicted octanol–water partition coefficient (Wildman–Crippen LogP) is 1.74. The highest BCUT2D eigenvalue weighted by atomic mass is 35.5. The second-order valence-electron chi connectivity index (χ2n) is 7.58. The first-order valence-electron chi connectivity index (χ1n) is 10.5. The van der Waals surface area contributed by atoms with Crippen molar-refractivity contribution in [1.29, 1.82) is 0 Å². The van der Waals surface area contributed by atoms with E-state index in [1.165, 1.54) is 37.3 Å². The minimum absolute atomic E-state index is 0.137. The monoisotopic (exact) mass is 494 g/mol. The van der Waals surface area contributed by atoms with Gasteiger partial charge in [0.1, 0.15) is 11.9 Å². The van der Waals surface area contributed by atoms with Crippen LogP contribution < -0.4 is 16.0 Å². The Morgan fingerprint density at radius 3 is 2.29 bits per heavy atom. The van der Waals surface area contributed by atoms with Crippen LogP contribution in [-0.2, 0) is 14.4 Å². The molecular formula is C24H23ClN6O4. The Morgan fingerprint density at radius 1 is 0.943 bits per heavy atom. The van der Waals surface area contributed by atoms with Crippen LogP contribution in [0.15, 0.2) is 67.0 Å². The molecule has 11 heteroatoms. The second-order valence-corrected chi connectivity index (χ2v) is 8.01. The molecule has 0 aliphatic carbocycles. The van der Waals surface area contributed by atoms with Crippen molar-refractivity contribution in [2.45, 2.75) is 6.04 Å². The molecule has 3 rings (SSSR count). The van der Waals surface area contributed by atoms with Crippen molar-refractivity contribution in [3.05, 3.63) is 77.6 Å². The van der Waals surface area contributed by atoms with Crippen molar-refractivity contribution in [1.82, 2.24) is 25.5 Å². The van der Waals surface area contributed by atoms with E-state index < -0.39 is 29.7 Å². The summed E-state index contributed by atoms with van der Waals surface area (Å²) in [4.78, 5) is 59.1. The smallest absolute Gasteiger partial charge is 0.314 e. The molecule has 0 aliphatic rings. The van der Waals surface area contributed by atoms with Crippen molar-refractivity contribution in [3.8, 4) is 11.3 Å². The third kappa shape index (κ3) is 7.08. The standard InChI is InChI=1S/C24H23ClN6O4/c1-31(2)24(35)19(14-28-22(33)23(34)30-20-11-10-17(25)13-27-20)29-21(32)16-8-6-15(7-9-16)18-5-3-4-12-26-18/h3-13,19H,14H2,1-2H3,(H,28,33)(H,29,32)(H,27,30,34). The Morgan fingerprint density at radius 2 is 1.69 bits per heavy atom. The third-order valence-corrected chi connectivity index (χ3v) is 5.02. The largest absolute Gasteiger partial charge is 0.347 e. The van der Waals surface area contributed by atoms with E-state index in [0.29, 0.717) is 10.6 Å². The lowest BCUT2D eigenvalue weighted by Crippen LogP contribution is -2.53. The number of nitrogens with one attached hydrogen (secondary N) is 3. The van der Waals surface area contributed by atoms with Crippen molar-refractivity contribution in [2.24, 2.45) is 0 Å². The SMILES string of the molecule is CN(C)C(=O)C(CNC(=O)C(=O)Nc1ccc(Cl)cn1)NC(=O)c1ccc(-c2ccccn2)cc1. The number of pyridine rings is 2. The number of halogens is 1. The Hall–Kier alpha value is -4.31. The van der Waals surface area contributed by atoms with Crippen LogP contribution in [0.5, 0.6) is 0 Å². The molecule has 180 valence electrons. The number of carbonyl (C=O) groups excluding carboxylic acids is 4. The summed E-state index contributed by atoms with van der Waals surface area (Å²) in [5, 5.41) is 7.66. The summed E-state index contributed by atoms with van der Waals surface area (Å²) in [6, 6.07) is 14.1. The zero-order valence-electron chi connectivity index (χ0n) is 19.0. The van der Waals surface area contributed by atoms with Gasteiger partial charge in [-0.2, -0.15) is 0 Å². The van der Waals surface area contributed by atoms with Crippen molar-refractivity contribution in [3.63, 3.8) is 0 Å².